The molecule has 102 valence electrons. The van der Waals surface area contributed by atoms with Gasteiger partial charge in [-0.1, -0.05) is 43.7 Å². The van der Waals surface area contributed by atoms with Gasteiger partial charge in [0.25, 0.3) is 0 Å². The van der Waals surface area contributed by atoms with Crippen molar-refractivity contribution < 1.29 is 14.7 Å². The zero-order chi connectivity index (χ0) is 13.8. The molecular formula is C15H19NO3. The van der Waals surface area contributed by atoms with Crippen LogP contribution in [0.1, 0.15) is 37.8 Å². The maximum atomic E-state index is 12.0. The van der Waals surface area contributed by atoms with E-state index < -0.39 is 11.9 Å². The third kappa shape index (κ3) is 3.34. The van der Waals surface area contributed by atoms with E-state index in [9.17, 15) is 9.59 Å². The fourth-order valence-corrected chi connectivity index (χ4v) is 2.33. The lowest BCUT2D eigenvalue weighted by Gasteiger charge is -2.18. The van der Waals surface area contributed by atoms with Gasteiger partial charge in [0.15, 0.2) is 0 Å². The summed E-state index contributed by atoms with van der Waals surface area (Å²) in [5.41, 5.74) is 1.07. The molecule has 0 saturated heterocycles. The summed E-state index contributed by atoms with van der Waals surface area (Å²) in [6, 6.07) is 9.79. The van der Waals surface area contributed by atoms with Gasteiger partial charge in [-0.25, -0.2) is 0 Å². The van der Waals surface area contributed by atoms with Crippen LogP contribution in [0.15, 0.2) is 30.3 Å². The van der Waals surface area contributed by atoms with E-state index in [2.05, 4.69) is 12.2 Å². The first-order valence-electron chi connectivity index (χ1n) is 6.71. The number of hydrogen-bond acceptors (Lipinski definition) is 2. The minimum Gasteiger partial charge on any atom is -0.481 e. The predicted octanol–water partition coefficient (Wildman–Crippen LogP) is 2.36. The highest BCUT2D eigenvalue weighted by molar-refractivity contribution is 5.89. The van der Waals surface area contributed by atoms with Gasteiger partial charge in [0, 0.05) is 0 Å². The van der Waals surface area contributed by atoms with Crippen molar-refractivity contribution in [2.45, 2.75) is 32.2 Å². The van der Waals surface area contributed by atoms with Crippen LogP contribution in [0.4, 0.5) is 0 Å². The molecule has 2 rings (SSSR count). The Kier molecular flexibility index (Phi) is 4.20. The third-order valence-electron chi connectivity index (χ3n) is 3.54. The lowest BCUT2D eigenvalue weighted by atomic mass is 10.0. The molecule has 0 heterocycles. The number of carbonyl (C=O) groups excluding carboxylic acids is 1. The molecule has 0 bridgehead atoms. The van der Waals surface area contributed by atoms with Crippen LogP contribution in [-0.4, -0.2) is 17.0 Å². The molecule has 1 aliphatic carbocycles. The number of hydrogen-bond donors (Lipinski definition) is 2. The average molecular weight is 261 g/mol. The van der Waals surface area contributed by atoms with E-state index in [0.717, 1.165) is 18.4 Å². The van der Waals surface area contributed by atoms with Crippen molar-refractivity contribution in [2.24, 2.45) is 11.8 Å². The van der Waals surface area contributed by atoms with Crippen LogP contribution in [0.3, 0.4) is 0 Å². The van der Waals surface area contributed by atoms with Gasteiger partial charge in [-0.05, 0) is 18.4 Å². The standard InChI is InChI=1S/C15H19NO3/c1-2-6-13(10-7-4-3-5-8-10)16-14(17)11-9-12(11)15(18)19/h3-5,7-8,11-13H,2,6,9H2,1H3,(H,16,17)(H,18,19). The summed E-state index contributed by atoms with van der Waals surface area (Å²) in [7, 11) is 0. The Morgan fingerprint density at radius 3 is 2.53 bits per heavy atom. The second kappa shape index (κ2) is 5.87. The number of nitrogens with one attached hydrogen (secondary N) is 1. The zero-order valence-electron chi connectivity index (χ0n) is 11.0. The largest absolute Gasteiger partial charge is 0.481 e. The first-order valence-corrected chi connectivity index (χ1v) is 6.71. The van der Waals surface area contributed by atoms with Crippen molar-refractivity contribution in [1.29, 1.82) is 0 Å². The number of carboxylic acid groups (broad SMARTS) is 1. The molecule has 19 heavy (non-hydrogen) atoms. The topological polar surface area (TPSA) is 66.4 Å². The Hall–Kier alpha value is -1.84. The summed E-state index contributed by atoms with van der Waals surface area (Å²) >= 11 is 0. The number of benzene rings is 1. The first kappa shape index (κ1) is 13.6. The fraction of sp³-hybridized carbons (Fsp3) is 0.467. The SMILES string of the molecule is CCCC(NC(=O)C1CC1C(=O)O)c1ccccc1. The third-order valence-corrected chi connectivity index (χ3v) is 3.54. The summed E-state index contributed by atoms with van der Waals surface area (Å²) in [4.78, 5) is 22.8. The van der Waals surface area contributed by atoms with Gasteiger partial charge in [0.1, 0.15) is 0 Å². The van der Waals surface area contributed by atoms with E-state index >= 15 is 0 Å². The number of carbonyl (C=O) groups is 2. The van der Waals surface area contributed by atoms with Gasteiger partial charge in [-0.15, -0.1) is 0 Å². The van der Waals surface area contributed by atoms with E-state index in [0.29, 0.717) is 6.42 Å². The summed E-state index contributed by atoms with van der Waals surface area (Å²) in [6.07, 6.45) is 2.29. The smallest absolute Gasteiger partial charge is 0.307 e. The van der Waals surface area contributed by atoms with Crippen LogP contribution in [-0.2, 0) is 9.59 Å². The maximum Gasteiger partial charge on any atom is 0.307 e. The van der Waals surface area contributed by atoms with Crippen molar-refractivity contribution in [2.75, 3.05) is 0 Å². The average Bonchev–Trinajstić information content (AvgIpc) is 3.19. The Labute approximate surface area is 112 Å². The van der Waals surface area contributed by atoms with Gasteiger partial charge in [-0.2, -0.15) is 0 Å². The first-order chi connectivity index (χ1) is 9.13. The maximum absolute atomic E-state index is 12.0. The van der Waals surface area contributed by atoms with E-state index in [4.69, 9.17) is 5.11 Å². The Balaban J connectivity index is 1.98. The second-order valence-electron chi connectivity index (χ2n) is 5.05. The molecule has 1 saturated carbocycles. The molecule has 1 fully saturated rings. The van der Waals surface area contributed by atoms with Crippen molar-refractivity contribution in [1.82, 2.24) is 5.32 Å². The quantitative estimate of drug-likeness (QED) is 0.826. The molecule has 3 atom stereocenters. The molecule has 0 radical (unpaired) electrons. The van der Waals surface area contributed by atoms with Crippen LogP contribution >= 0.6 is 0 Å². The summed E-state index contributed by atoms with van der Waals surface area (Å²) in [5.74, 6) is -1.83. The molecule has 1 aromatic rings. The zero-order valence-corrected chi connectivity index (χ0v) is 11.0. The molecular weight excluding hydrogens is 242 g/mol. The van der Waals surface area contributed by atoms with Gasteiger partial charge in [0.05, 0.1) is 17.9 Å². The van der Waals surface area contributed by atoms with Crippen molar-refractivity contribution in [3.63, 3.8) is 0 Å². The summed E-state index contributed by atoms with van der Waals surface area (Å²) < 4.78 is 0. The van der Waals surface area contributed by atoms with Gasteiger partial charge in [-0.3, -0.25) is 9.59 Å². The summed E-state index contributed by atoms with van der Waals surface area (Å²) in [5, 5.41) is 11.8. The normalized spacial score (nSPS) is 22.6. The van der Waals surface area contributed by atoms with Crippen LogP contribution < -0.4 is 5.32 Å². The van der Waals surface area contributed by atoms with E-state index in [-0.39, 0.29) is 17.9 Å². The minimum absolute atomic E-state index is 0.0197. The molecule has 1 aliphatic rings. The molecule has 0 aliphatic heterocycles. The van der Waals surface area contributed by atoms with Crippen LogP contribution in [0.5, 0.6) is 0 Å². The van der Waals surface area contributed by atoms with E-state index in [1.807, 2.05) is 30.3 Å². The predicted molar refractivity (Wildman–Crippen MR) is 71.5 cm³/mol. The van der Waals surface area contributed by atoms with E-state index in [1.165, 1.54) is 0 Å². The van der Waals surface area contributed by atoms with Crippen LogP contribution in [0.25, 0.3) is 0 Å². The Morgan fingerprint density at radius 2 is 2.00 bits per heavy atom. The second-order valence-corrected chi connectivity index (χ2v) is 5.05. The lowest BCUT2D eigenvalue weighted by Crippen LogP contribution is -2.30. The minimum atomic E-state index is -0.869. The van der Waals surface area contributed by atoms with Crippen LogP contribution in [0, 0.1) is 11.8 Å². The van der Waals surface area contributed by atoms with Crippen molar-refractivity contribution in [3.8, 4) is 0 Å². The Bertz CT molecular complexity index is 458. The summed E-state index contributed by atoms with van der Waals surface area (Å²) in [6.45, 7) is 2.07. The molecule has 0 spiro atoms. The lowest BCUT2D eigenvalue weighted by molar-refractivity contribution is -0.140. The van der Waals surface area contributed by atoms with Gasteiger partial charge < -0.3 is 10.4 Å². The molecule has 2 N–H and O–H groups in total. The number of rotatable bonds is 6. The van der Waals surface area contributed by atoms with Crippen molar-refractivity contribution in [3.05, 3.63) is 35.9 Å². The van der Waals surface area contributed by atoms with Crippen LogP contribution in [0.2, 0.25) is 0 Å². The highest BCUT2D eigenvalue weighted by atomic mass is 16.4. The highest BCUT2D eigenvalue weighted by Gasteiger charge is 2.48. The number of carboxylic acids is 1. The molecule has 3 unspecified atom stereocenters. The Morgan fingerprint density at radius 1 is 1.32 bits per heavy atom. The van der Waals surface area contributed by atoms with Crippen molar-refractivity contribution >= 4 is 11.9 Å². The number of aliphatic carboxylic acids is 1. The van der Waals surface area contributed by atoms with Gasteiger partial charge >= 0.3 is 5.97 Å². The van der Waals surface area contributed by atoms with E-state index in [1.54, 1.807) is 0 Å². The van der Waals surface area contributed by atoms with Gasteiger partial charge in [0.2, 0.25) is 5.91 Å². The molecule has 0 aromatic heterocycles. The molecule has 4 nitrogen and oxygen atoms in total. The number of amides is 1. The molecule has 1 amide bonds. The monoisotopic (exact) mass is 261 g/mol. The molecule has 4 heteroatoms. The molecule has 1 aromatic carbocycles. The highest BCUT2D eigenvalue weighted by Crippen LogP contribution is 2.39. The fourth-order valence-electron chi connectivity index (χ4n) is 2.33.